The van der Waals surface area contributed by atoms with E-state index in [4.69, 9.17) is 0 Å². The Morgan fingerprint density at radius 1 is 0.893 bits per heavy atom. The van der Waals surface area contributed by atoms with Crippen LogP contribution in [-0.4, -0.2) is 35.7 Å². The second kappa shape index (κ2) is 8.76. The number of nitrogens with zero attached hydrogens (tertiary/aromatic N) is 1. The number of hydrogen-bond donors (Lipinski definition) is 2. The lowest BCUT2D eigenvalue weighted by atomic mass is 9.94. The highest BCUT2D eigenvalue weighted by Crippen LogP contribution is 2.30. The Balaban J connectivity index is 1.47. The van der Waals surface area contributed by atoms with E-state index in [0.29, 0.717) is 25.9 Å². The third kappa shape index (κ3) is 5.12. The van der Waals surface area contributed by atoms with Crippen molar-refractivity contribution in [1.82, 2.24) is 10.2 Å². The first kappa shape index (κ1) is 20.4. The van der Waals surface area contributed by atoms with Crippen molar-refractivity contribution in [2.24, 2.45) is 17.8 Å². The number of carbonyl (C=O) groups excluding carboxylic acids is 3. The minimum atomic E-state index is -0.101. The molecule has 1 saturated heterocycles. The molecule has 0 bridgehead atoms. The van der Waals surface area contributed by atoms with Crippen LogP contribution in [-0.2, 0) is 14.4 Å². The smallest absolute Gasteiger partial charge is 0.227 e. The molecule has 1 aliphatic carbocycles. The Bertz CT molecular complexity index is 717. The second-order valence-corrected chi connectivity index (χ2v) is 8.37. The first-order valence-electron chi connectivity index (χ1n) is 10.3. The van der Waals surface area contributed by atoms with Crippen LogP contribution >= 0.6 is 0 Å². The molecule has 2 N–H and O–H groups in total. The van der Waals surface area contributed by atoms with Crippen molar-refractivity contribution in [2.45, 2.75) is 52.5 Å². The van der Waals surface area contributed by atoms with E-state index in [-0.39, 0.29) is 41.5 Å². The van der Waals surface area contributed by atoms with E-state index in [1.165, 1.54) is 0 Å². The van der Waals surface area contributed by atoms with E-state index in [1.54, 1.807) is 0 Å². The SMILES string of the molecule is CC(C)C(=O)N1CCC(C(=O)NC(C)c2ccc(NC(=O)C3CC3)cc2)CC1. The molecule has 3 rings (SSSR count). The highest BCUT2D eigenvalue weighted by Gasteiger charge is 2.30. The van der Waals surface area contributed by atoms with Crippen LogP contribution < -0.4 is 10.6 Å². The van der Waals surface area contributed by atoms with Gasteiger partial charge in [-0.2, -0.15) is 0 Å². The van der Waals surface area contributed by atoms with Crippen LogP contribution in [0.2, 0.25) is 0 Å². The molecular weight excluding hydrogens is 354 g/mol. The molecular formula is C22H31N3O3. The monoisotopic (exact) mass is 385 g/mol. The highest BCUT2D eigenvalue weighted by molar-refractivity contribution is 5.94. The van der Waals surface area contributed by atoms with E-state index < -0.39 is 0 Å². The van der Waals surface area contributed by atoms with Gasteiger partial charge in [0.05, 0.1) is 6.04 Å². The van der Waals surface area contributed by atoms with Gasteiger partial charge < -0.3 is 15.5 Å². The number of piperidine rings is 1. The molecule has 6 nitrogen and oxygen atoms in total. The van der Waals surface area contributed by atoms with Crippen molar-refractivity contribution < 1.29 is 14.4 Å². The molecule has 152 valence electrons. The van der Waals surface area contributed by atoms with Crippen molar-refractivity contribution >= 4 is 23.4 Å². The number of amides is 3. The molecule has 0 spiro atoms. The van der Waals surface area contributed by atoms with Gasteiger partial charge in [-0.3, -0.25) is 14.4 Å². The fourth-order valence-corrected chi connectivity index (χ4v) is 3.59. The predicted molar refractivity (Wildman–Crippen MR) is 108 cm³/mol. The van der Waals surface area contributed by atoms with Crippen molar-refractivity contribution in [3.8, 4) is 0 Å². The molecule has 6 heteroatoms. The predicted octanol–water partition coefficient (Wildman–Crippen LogP) is 3.11. The normalized spacial score (nSPS) is 18.6. The molecule has 2 fully saturated rings. The molecule has 1 unspecified atom stereocenters. The van der Waals surface area contributed by atoms with Crippen LogP contribution in [0.15, 0.2) is 24.3 Å². The summed E-state index contributed by atoms with van der Waals surface area (Å²) in [6.07, 6.45) is 3.39. The van der Waals surface area contributed by atoms with Crippen molar-refractivity contribution in [2.75, 3.05) is 18.4 Å². The van der Waals surface area contributed by atoms with Gasteiger partial charge in [0.1, 0.15) is 0 Å². The van der Waals surface area contributed by atoms with Crippen LogP contribution in [0, 0.1) is 17.8 Å². The van der Waals surface area contributed by atoms with Gasteiger partial charge in [-0.25, -0.2) is 0 Å². The van der Waals surface area contributed by atoms with Gasteiger partial charge in [0, 0.05) is 36.5 Å². The molecule has 3 amide bonds. The zero-order valence-electron chi connectivity index (χ0n) is 17.0. The molecule has 1 aromatic rings. The van der Waals surface area contributed by atoms with Crippen molar-refractivity contribution in [1.29, 1.82) is 0 Å². The first-order chi connectivity index (χ1) is 13.3. The Labute approximate surface area is 167 Å². The molecule has 1 aromatic carbocycles. The van der Waals surface area contributed by atoms with Crippen molar-refractivity contribution in [3.63, 3.8) is 0 Å². The zero-order valence-corrected chi connectivity index (χ0v) is 17.0. The fraction of sp³-hybridized carbons (Fsp3) is 0.591. The summed E-state index contributed by atoms with van der Waals surface area (Å²) in [5.74, 6) is 0.450. The lowest BCUT2D eigenvalue weighted by Crippen LogP contribution is -2.44. The van der Waals surface area contributed by atoms with Crippen LogP contribution in [0.3, 0.4) is 0 Å². The average Bonchev–Trinajstić information content (AvgIpc) is 3.53. The maximum atomic E-state index is 12.6. The van der Waals surface area contributed by atoms with Gasteiger partial charge in [-0.1, -0.05) is 26.0 Å². The highest BCUT2D eigenvalue weighted by atomic mass is 16.2. The van der Waals surface area contributed by atoms with Crippen LogP contribution in [0.5, 0.6) is 0 Å². The molecule has 0 aromatic heterocycles. The van der Waals surface area contributed by atoms with Gasteiger partial charge >= 0.3 is 0 Å². The molecule has 1 heterocycles. The van der Waals surface area contributed by atoms with Gasteiger partial charge in [-0.15, -0.1) is 0 Å². The third-order valence-corrected chi connectivity index (χ3v) is 5.66. The Morgan fingerprint density at radius 3 is 2.00 bits per heavy atom. The molecule has 1 aliphatic heterocycles. The summed E-state index contributed by atoms with van der Waals surface area (Å²) in [4.78, 5) is 38.4. The van der Waals surface area contributed by atoms with E-state index in [9.17, 15) is 14.4 Å². The second-order valence-electron chi connectivity index (χ2n) is 8.37. The Hall–Kier alpha value is -2.37. The van der Waals surface area contributed by atoms with E-state index >= 15 is 0 Å². The standard InChI is InChI=1S/C22H31N3O3/c1-14(2)22(28)25-12-10-18(11-13-25)20(26)23-15(3)16-6-8-19(9-7-16)24-21(27)17-4-5-17/h6-9,14-15,17-18H,4-5,10-13H2,1-3H3,(H,23,26)(H,24,27). The van der Waals surface area contributed by atoms with Crippen LogP contribution in [0.1, 0.15) is 58.1 Å². The summed E-state index contributed by atoms with van der Waals surface area (Å²) in [5, 5.41) is 6.02. The maximum Gasteiger partial charge on any atom is 0.227 e. The molecule has 0 radical (unpaired) electrons. The number of anilines is 1. The van der Waals surface area contributed by atoms with Crippen LogP contribution in [0.4, 0.5) is 5.69 Å². The zero-order chi connectivity index (χ0) is 20.3. The fourth-order valence-electron chi connectivity index (χ4n) is 3.59. The molecule has 1 atom stereocenters. The van der Waals surface area contributed by atoms with Gasteiger partial charge in [0.15, 0.2) is 0 Å². The van der Waals surface area contributed by atoms with E-state index in [1.807, 2.05) is 49.9 Å². The third-order valence-electron chi connectivity index (χ3n) is 5.66. The number of rotatable bonds is 6. The summed E-state index contributed by atoms with van der Waals surface area (Å²) in [6, 6.07) is 7.55. The number of nitrogens with one attached hydrogen (secondary N) is 2. The number of hydrogen-bond acceptors (Lipinski definition) is 3. The first-order valence-corrected chi connectivity index (χ1v) is 10.3. The topological polar surface area (TPSA) is 78.5 Å². The Kier molecular flexibility index (Phi) is 6.37. The van der Waals surface area contributed by atoms with Gasteiger partial charge in [-0.05, 0) is 50.3 Å². The van der Waals surface area contributed by atoms with E-state index in [2.05, 4.69) is 10.6 Å². The van der Waals surface area contributed by atoms with Crippen LogP contribution in [0.25, 0.3) is 0 Å². The van der Waals surface area contributed by atoms with Gasteiger partial charge in [0.2, 0.25) is 17.7 Å². The molecule has 28 heavy (non-hydrogen) atoms. The molecule has 1 saturated carbocycles. The lowest BCUT2D eigenvalue weighted by Gasteiger charge is -2.33. The summed E-state index contributed by atoms with van der Waals surface area (Å²) in [5.41, 5.74) is 1.80. The summed E-state index contributed by atoms with van der Waals surface area (Å²) in [7, 11) is 0. The van der Waals surface area contributed by atoms with Crippen molar-refractivity contribution in [3.05, 3.63) is 29.8 Å². The van der Waals surface area contributed by atoms with Gasteiger partial charge in [0.25, 0.3) is 0 Å². The maximum absolute atomic E-state index is 12.6. The average molecular weight is 386 g/mol. The Morgan fingerprint density at radius 2 is 1.46 bits per heavy atom. The number of likely N-dealkylation sites (tertiary alicyclic amines) is 1. The summed E-state index contributed by atoms with van der Waals surface area (Å²) < 4.78 is 0. The minimum absolute atomic E-state index is 0.00225. The minimum Gasteiger partial charge on any atom is -0.349 e. The number of benzene rings is 1. The molecule has 2 aliphatic rings. The number of carbonyl (C=O) groups is 3. The largest absolute Gasteiger partial charge is 0.349 e. The quantitative estimate of drug-likeness (QED) is 0.790. The summed E-state index contributed by atoms with van der Waals surface area (Å²) in [6.45, 7) is 7.09. The van der Waals surface area contributed by atoms with E-state index in [0.717, 1.165) is 24.1 Å². The lowest BCUT2D eigenvalue weighted by molar-refractivity contribution is -0.138. The summed E-state index contributed by atoms with van der Waals surface area (Å²) >= 11 is 0.